The number of benzene rings is 1. The molecule has 6 heteroatoms. The Morgan fingerprint density at radius 3 is 3.00 bits per heavy atom. The summed E-state index contributed by atoms with van der Waals surface area (Å²) in [7, 11) is 1.56. The van der Waals surface area contributed by atoms with Gasteiger partial charge in [-0.1, -0.05) is 12.1 Å². The van der Waals surface area contributed by atoms with E-state index in [9.17, 15) is 10.1 Å². The molecule has 0 amide bonds. The lowest BCUT2D eigenvalue weighted by atomic mass is 9.97. The van der Waals surface area contributed by atoms with E-state index in [1.807, 2.05) is 18.2 Å². The molecule has 112 valence electrons. The lowest BCUT2D eigenvalue weighted by Crippen LogP contribution is -2.26. The van der Waals surface area contributed by atoms with E-state index in [2.05, 4.69) is 4.98 Å². The Hall–Kier alpha value is -2.65. The third kappa shape index (κ3) is 1.98. The molecular formula is C16H14N2O4. The molecular weight excluding hydrogens is 284 g/mol. The molecule has 2 aromatic rings. The van der Waals surface area contributed by atoms with Crippen molar-refractivity contribution in [3.8, 4) is 11.8 Å². The normalized spacial score (nSPS) is 22.9. The van der Waals surface area contributed by atoms with E-state index in [4.69, 9.17) is 14.2 Å². The summed E-state index contributed by atoms with van der Waals surface area (Å²) in [5.41, 5.74) is -0.180. The third-order valence-corrected chi connectivity index (χ3v) is 3.63. The largest absolute Gasteiger partial charge is 0.494 e. The third-order valence-electron chi connectivity index (χ3n) is 3.63. The predicted molar refractivity (Wildman–Crippen MR) is 77.1 cm³/mol. The number of hydrogen-bond acceptors (Lipinski definition) is 6. The molecule has 2 atom stereocenters. The second-order valence-electron chi connectivity index (χ2n) is 4.82. The van der Waals surface area contributed by atoms with Gasteiger partial charge in [-0.25, -0.2) is 4.79 Å². The van der Waals surface area contributed by atoms with Crippen LogP contribution >= 0.6 is 0 Å². The SMILES string of the molecule is CCOC(=O)C1(C#N)OC1c1ccnc2c(OC)cccc12. The topological polar surface area (TPSA) is 84.7 Å². The van der Waals surface area contributed by atoms with Gasteiger partial charge in [0.1, 0.15) is 23.4 Å². The Balaban J connectivity index is 2.06. The lowest BCUT2D eigenvalue weighted by molar-refractivity contribution is -0.147. The summed E-state index contributed by atoms with van der Waals surface area (Å²) in [5, 5.41) is 10.1. The van der Waals surface area contributed by atoms with Gasteiger partial charge in [0.05, 0.1) is 13.7 Å². The number of hydrogen-bond donors (Lipinski definition) is 0. The molecule has 0 aliphatic carbocycles. The van der Waals surface area contributed by atoms with Gasteiger partial charge in [0, 0.05) is 11.6 Å². The number of nitrogens with zero attached hydrogens (tertiary/aromatic N) is 2. The molecule has 0 radical (unpaired) electrons. The highest BCUT2D eigenvalue weighted by Crippen LogP contribution is 2.51. The van der Waals surface area contributed by atoms with Gasteiger partial charge < -0.3 is 14.2 Å². The van der Waals surface area contributed by atoms with Crippen LogP contribution in [-0.4, -0.2) is 30.3 Å². The van der Waals surface area contributed by atoms with Crippen LogP contribution in [0.3, 0.4) is 0 Å². The van der Waals surface area contributed by atoms with Crippen molar-refractivity contribution in [2.45, 2.75) is 18.6 Å². The number of para-hydroxylation sites is 1. The molecule has 1 aliphatic rings. The van der Waals surface area contributed by atoms with E-state index in [0.29, 0.717) is 11.3 Å². The zero-order valence-electron chi connectivity index (χ0n) is 12.2. The number of fused-ring (bicyclic) bond motifs is 1. The monoisotopic (exact) mass is 298 g/mol. The maximum absolute atomic E-state index is 12.0. The minimum atomic E-state index is -1.56. The Labute approximate surface area is 127 Å². The van der Waals surface area contributed by atoms with E-state index in [-0.39, 0.29) is 6.61 Å². The summed E-state index contributed by atoms with van der Waals surface area (Å²) >= 11 is 0. The number of rotatable bonds is 4. The molecule has 0 N–H and O–H groups in total. The molecule has 1 aromatic heterocycles. The maximum atomic E-state index is 12.0. The number of methoxy groups -OCH3 is 1. The van der Waals surface area contributed by atoms with E-state index in [1.165, 1.54) is 0 Å². The van der Waals surface area contributed by atoms with Crippen LogP contribution in [0, 0.1) is 11.3 Å². The van der Waals surface area contributed by atoms with Crippen molar-refractivity contribution in [1.82, 2.24) is 4.98 Å². The maximum Gasteiger partial charge on any atom is 0.356 e. The number of nitriles is 1. The first kappa shape index (κ1) is 14.3. The highest BCUT2D eigenvalue weighted by atomic mass is 16.7. The molecule has 0 bridgehead atoms. The minimum Gasteiger partial charge on any atom is -0.494 e. The van der Waals surface area contributed by atoms with Crippen LogP contribution in [0.1, 0.15) is 18.6 Å². The van der Waals surface area contributed by atoms with Gasteiger partial charge >= 0.3 is 5.97 Å². The van der Waals surface area contributed by atoms with Crippen LogP contribution in [0.5, 0.6) is 5.75 Å². The Morgan fingerprint density at radius 1 is 1.50 bits per heavy atom. The summed E-state index contributed by atoms with van der Waals surface area (Å²) in [6.07, 6.45) is 0.948. The summed E-state index contributed by atoms with van der Waals surface area (Å²) in [6, 6.07) is 9.16. The van der Waals surface area contributed by atoms with Crippen molar-refractivity contribution >= 4 is 16.9 Å². The first-order chi connectivity index (χ1) is 10.7. The van der Waals surface area contributed by atoms with Crippen LogP contribution in [0.4, 0.5) is 0 Å². The van der Waals surface area contributed by atoms with Gasteiger partial charge in [0.15, 0.2) is 0 Å². The highest BCUT2D eigenvalue weighted by Gasteiger charge is 2.66. The Kier molecular flexibility index (Phi) is 3.43. The van der Waals surface area contributed by atoms with Crippen molar-refractivity contribution < 1.29 is 19.0 Å². The van der Waals surface area contributed by atoms with Gasteiger partial charge in [0.2, 0.25) is 0 Å². The second kappa shape index (κ2) is 5.28. The quantitative estimate of drug-likeness (QED) is 0.635. The Bertz CT molecular complexity index is 783. The van der Waals surface area contributed by atoms with Crippen molar-refractivity contribution in [1.29, 1.82) is 5.26 Å². The first-order valence-electron chi connectivity index (χ1n) is 6.86. The van der Waals surface area contributed by atoms with Gasteiger partial charge in [0.25, 0.3) is 5.60 Å². The van der Waals surface area contributed by atoms with Crippen molar-refractivity contribution in [2.24, 2.45) is 0 Å². The number of epoxide rings is 1. The zero-order valence-corrected chi connectivity index (χ0v) is 12.2. The van der Waals surface area contributed by atoms with Crippen LogP contribution < -0.4 is 4.74 Å². The smallest absolute Gasteiger partial charge is 0.356 e. The first-order valence-corrected chi connectivity index (χ1v) is 6.86. The fourth-order valence-corrected chi connectivity index (χ4v) is 2.52. The molecule has 3 rings (SSSR count). The molecule has 22 heavy (non-hydrogen) atoms. The van der Waals surface area contributed by atoms with Crippen LogP contribution in [0.25, 0.3) is 10.9 Å². The second-order valence-corrected chi connectivity index (χ2v) is 4.82. The summed E-state index contributed by atoms with van der Waals surface area (Å²) in [4.78, 5) is 16.3. The fraction of sp³-hybridized carbons (Fsp3) is 0.312. The van der Waals surface area contributed by atoms with E-state index >= 15 is 0 Å². The average Bonchev–Trinajstić information content (AvgIpc) is 3.30. The van der Waals surface area contributed by atoms with Crippen molar-refractivity contribution in [3.05, 3.63) is 36.0 Å². The molecule has 1 aromatic carbocycles. The molecule has 0 spiro atoms. The van der Waals surface area contributed by atoms with E-state index in [0.717, 1.165) is 10.9 Å². The average molecular weight is 298 g/mol. The Morgan fingerprint density at radius 2 is 2.32 bits per heavy atom. The fourth-order valence-electron chi connectivity index (χ4n) is 2.52. The molecule has 6 nitrogen and oxygen atoms in total. The highest BCUT2D eigenvalue weighted by molar-refractivity contribution is 5.92. The molecule has 0 saturated carbocycles. The number of ether oxygens (including phenoxy) is 3. The van der Waals surface area contributed by atoms with Crippen molar-refractivity contribution in [3.63, 3.8) is 0 Å². The van der Waals surface area contributed by atoms with Gasteiger partial charge in [-0.2, -0.15) is 5.26 Å². The standard InChI is InChI=1S/C16H14N2O4/c1-3-21-15(19)16(9-17)14(22-16)11-7-8-18-13-10(11)5-4-6-12(13)20-2/h4-8,14H,3H2,1-2H3. The van der Waals surface area contributed by atoms with Crippen LogP contribution in [-0.2, 0) is 14.3 Å². The number of carbonyl (C=O) groups is 1. The zero-order chi connectivity index (χ0) is 15.7. The predicted octanol–water partition coefficient (Wildman–Crippen LogP) is 2.14. The molecule has 1 fully saturated rings. The lowest BCUT2D eigenvalue weighted by Gasteiger charge is -2.08. The molecule has 2 unspecified atom stereocenters. The summed E-state index contributed by atoms with van der Waals surface area (Å²) < 4.78 is 15.7. The van der Waals surface area contributed by atoms with Crippen molar-refractivity contribution in [2.75, 3.05) is 13.7 Å². The molecule has 1 saturated heterocycles. The summed E-state index contributed by atoms with van der Waals surface area (Å²) in [5.74, 6) is -0.0333. The van der Waals surface area contributed by atoms with Gasteiger partial charge in [-0.3, -0.25) is 4.98 Å². The number of aromatic nitrogens is 1. The van der Waals surface area contributed by atoms with Crippen LogP contribution in [0.15, 0.2) is 30.5 Å². The number of esters is 1. The van der Waals surface area contributed by atoms with Gasteiger partial charge in [-0.15, -0.1) is 0 Å². The summed E-state index contributed by atoms with van der Waals surface area (Å²) in [6.45, 7) is 1.89. The number of carbonyl (C=O) groups excluding carboxylic acids is 1. The van der Waals surface area contributed by atoms with Gasteiger partial charge in [-0.05, 0) is 24.6 Å². The molecule has 2 heterocycles. The van der Waals surface area contributed by atoms with Crippen LogP contribution in [0.2, 0.25) is 0 Å². The van der Waals surface area contributed by atoms with E-state index in [1.54, 1.807) is 32.4 Å². The minimum absolute atomic E-state index is 0.198. The number of pyridine rings is 1. The van der Waals surface area contributed by atoms with E-state index < -0.39 is 17.7 Å². The molecule has 1 aliphatic heterocycles.